The number of nitrogens with one attached hydrogen (secondary N) is 1. The molecular weight excluding hydrogens is 270 g/mol. The van der Waals surface area contributed by atoms with Crippen molar-refractivity contribution in [3.63, 3.8) is 0 Å². The van der Waals surface area contributed by atoms with Crippen LogP contribution in [0.1, 0.15) is 13.3 Å². The van der Waals surface area contributed by atoms with Crippen LogP contribution in [-0.4, -0.2) is 62.6 Å². The van der Waals surface area contributed by atoms with Crippen molar-refractivity contribution in [3.8, 4) is 0 Å². The molecule has 8 heteroatoms. The molecule has 0 unspecified atom stereocenters. The van der Waals surface area contributed by atoms with Gasteiger partial charge in [0.2, 0.25) is 0 Å². The van der Waals surface area contributed by atoms with Gasteiger partial charge in [-0.05, 0) is 13.3 Å². The van der Waals surface area contributed by atoms with E-state index in [0.717, 1.165) is 0 Å². The standard InChI is InChI=1S/C11H25NO6Si/c1-5-17-8-9-18-11(13)12-7-6-10-19(14-2,15-3)16-4/h5-10H2,1-4H3,(H,12,13). The molecule has 0 aromatic carbocycles. The average Bonchev–Trinajstić information content (AvgIpc) is 2.45. The van der Waals surface area contributed by atoms with Crippen LogP contribution in [0, 0.1) is 0 Å². The summed E-state index contributed by atoms with van der Waals surface area (Å²) in [6, 6.07) is 0.635. The smallest absolute Gasteiger partial charge is 0.447 e. The van der Waals surface area contributed by atoms with Gasteiger partial charge in [-0.3, -0.25) is 0 Å². The lowest BCUT2D eigenvalue weighted by Gasteiger charge is -2.24. The SMILES string of the molecule is CCOCCOC(=O)NCCC[Si](OC)(OC)OC. The van der Waals surface area contributed by atoms with Crippen LogP contribution in [0.2, 0.25) is 6.04 Å². The molecule has 114 valence electrons. The van der Waals surface area contributed by atoms with E-state index >= 15 is 0 Å². The molecule has 0 fully saturated rings. The molecule has 0 spiro atoms. The maximum atomic E-state index is 11.3. The Bertz CT molecular complexity index is 229. The van der Waals surface area contributed by atoms with Gasteiger partial charge in [0.25, 0.3) is 0 Å². The van der Waals surface area contributed by atoms with Crippen LogP contribution in [0.4, 0.5) is 4.79 Å². The Morgan fingerprint density at radius 3 is 2.26 bits per heavy atom. The van der Waals surface area contributed by atoms with Gasteiger partial charge in [0.05, 0.1) is 6.61 Å². The first-order chi connectivity index (χ1) is 9.14. The molecule has 0 saturated carbocycles. The molecule has 0 saturated heterocycles. The lowest BCUT2D eigenvalue weighted by molar-refractivity contribution is 0.0787. The highest BCUT2D eigenvalue weighted by molar-refractivity contribution is 6.60. The van der Waals surface area contributed by atoms with Crippen LogP contribution in [0.25, 0.3) is 0 Å². The lowest BCUT2D eigenvalue weighted by Crippen LogP contribution is -2.43. The summed E-state index contributed by atoms with van der Waals surface area (Å²) in [7, 11) is 2.15. The maximum absolute atomic E-state index is 11.3. The Balaban J connectivity index is 3.64. The fourth-order valence-electron chi connectivity index (χ4n) is 1.44. The summed E-state index contributed by atoms with van der Waals surface area (Å²) in [5.41, 5.74) is 0. The topological polar surface area (TPSA) is 75.3 Å². The average molecular weight is 295 g/mol. The molecular formula is C11H25NO6Si. The second kappa shape index (κ2) is 11.2. The van der Waals surface area contributed by atoms with Gasteiger partial charge >= 0.3 is 14.9 Å². The van der Waals surface area contributed by atoms with Crippen molar-refractivity contribution >= 4 is 14.9 Å². The third-order valence-corrected chi connectivity index (χ3v) is 5.36. The number of hydrogen-bond donors (Lipinski definition) is 1. The van der Waals surface area contributed by atoms with E-state index < -0.39 is 14.9 Å². The molecule has 7 nitrogen and oxygen atoms in total. The summed E-state index contributed by atoms with van der Waals surface area (Å²) in [4.78, 5) is 11.3. The summed E-state index contributed by atoms with van der Waals surface area (Å²) in [6.07, 6.45) is 0.252. The largest absolute Gasteiger partial charge is 0.500 e. The van der Waals surface area contributed by atoms with E-state index in [0.29, 0.717) is 32.2 Å². The van der Waals surface area contributed by atoms with Crippen LogP contribution in [0.3, 0.4) is 0 Å². The number of ether oxygens (including phenoxy) is 2. The minimum atomic E-state index is -2.54. The molecule has 0 radical (unpaired) electrons. The van der Waals surface area contributed by atoms with Gasteiger partial charge in [0.1, 0.15) is 6.61 Å². The second-order valence-corrected chi connectivity index (χ2v) is 6.75. The van der Waals surface area contributed by atoms with Crippen molar-refractivity contribution < 1.29 is 27.5 Å². The highest BCUT2D eigenvalue weighted by atomic mass is 28.4. The molecule has 0 aliphatic carbocycles. The van der Waals surface area contributed by atoms with Crippen molar-refractivity contribution in [3.05, 3.63) is 0 Å². The first-order valence-electron chi connectivity index (χ1n) is 6.28. The number of carbonyl (C=O) groups excluding carboxylic acids is 1. The Morgan fingerprint density at radius 2 is 1.74 bits per heavy atom. The third-order valence-electron chi connectivity index (χ3n) is 2.53. The summed E-state index contributed by atoms with van der Waals surface area (Å²) in [6.45, 7) is 3.65. The van der Waals surface area contributed by atoms with E-state index in [1.54, 1.807) is 21.3 Å². The molecule has 0 aromatic rings. The Morgan fingerprint density at radius 1 is 1.11 bits per heavy atom. The van der Waals surface area contributed by atoms with Crippen LogP contribution >= 0.6 is 0 Å². The van der Waals surface area contributed by atoms with Gasteiger partial charge in [-0.2, -0.15) is 0 Å². The van der Waals surface area contributed by atoms with Gasteiger partial charge in [-0.25, -0.2) is 4.79 Å². The molecule has 0 bridgehead atoms. The zero-order valence-corrected chi connectivity index (χ0v) is 13.2. The van der Waals surface area contributed by atoms with Crippen molar-refractivity contribution in [1.82, 2.24) is 5.32 Å². The number of rotatable bonds is 11. The Hall–Kier alpha value is -0.673. The zero-order valence-electron chi connectivity index (χ0n) is 12.2. The quantitative estimate of drug-likeness (QED) is 0.453. The molecule has 0 rings (SSSR count). The number of alkyl carbamates (subject to hydrolysis) is 1. The molecule has 19 heavy (non-hydrogen) atoms. The number of hydrogen-bond acceptors (Lipinski definition) is 6. The molecule has 0 aliphatic rings. The molecule has 0 aliphatic heterocycles. The highest BCUT2D eigenvalue weighted by Gasteiger charge is 2.36. The van der Waals surface area contributed by atoms with E-state index in [-0.39, 0.29) is 6.61 Å². The predicted octanol–water partition coefficient (Wildman–Crippen LogP) is 1.02. The minimum Gasteiger partial charge on any atom is -0.447 e. The first kappa shape index (κ1) is 18.3. The van der Waals surface area contributed by atoms with Crippen LogP contribution in [0.5, 0.6) is 0 Å². The predicted molar refractivity (Wildman–Crippen MR) is 72.0 cm³/mol. The van der Waals surface area contributed by atoms with E-state index in [1.165, 1.54) is 0 Å². The van der Waals surface area contributed by atoms with Gasteiger partial charge < -0.3 is 28.1 Å². The zero-order chi connectivity index (χ0) is 14.6. The minimum absolute atomic E-state index is 0.257. The van der Waals surface area contributed by atoms with Crippen molar-refractivity contribution in [2.24, 2.45) is 0 Å². The molecule has 0 atom stereocenters. The van der Waals surface area contributed by atoms with Crippen LogP contribution in [0.15, 0.2) is 0 Å². The molecule has 1 amide bonds. The van der Waals surface area contributed by atoms with Crippen LogP contribution < -0.4 is 5.32 Å². The van der Waals surface area contributed by atoms with Crippen molar-refractivity contribution in [2.45, 2.75) is 19.4 Å². The molecule has 0 aromatic heterocycles. The number of amides is 1. The second-order valence-electron chi connectivity index (χ2n) is 3.66. The van der Waals surface area contributed by atoms with Crippen molar-refractivity contribution in [2.75, 3.05) is 47.7 Å². The van der Waals surface area contributed by atoms with Gasteiger partial charge in [0, 0.05) is 40.5 Å². The lowest BCUT2D eigenvalue weighted by atomic mass is 10.5. The molecule has 0 heterocycles. The summed E-state index contributed by atoms with van der Waals surface area (Å²) in [5.74, 6) is 0. The maximum Gasteiger partial charge on any atom is 0.500 e. The summed E-state index contributed by atoms with van der Waals surface area (Å²) in [5, 5.41) is 2.64. The van der Waals surface area contributed by atoms with Gasteiger partial charge in [0.15, 0.2) is 0 Å². The Kier molecular flexibility index (Phi) is 10.8. The monoisotopic (exact) mass is 295 g/mol. The fourth-order valence-corrected chi connectivity index (χ4v) is 3.16. The van der Waals surface area contributed by atoms with Crippen LogP contribution in [-0.2, 0) is 22.8 Å². The van der Waals surface area contributed by atoms with E-state index in [1.807, 2.05) is 6.92 Å². The first-order valence-corrected chi connectivity index (χ1v) is 8.21. The van der Waals surface area contributed by atoms with E-state index in [4.69, 9.17) is 22.8 Å². The van der Waals surface area contributed by atoms with E-state index in [9.17, 15) is 4.79 Å². The highest BCUT2D eigenvalue weighted by Crippen LogP contribution is 2.14. The van der Waals surface area contributed by atoms with Gasteiger partial charge in [-0.15, -0.1) is 0 Å². The normalized spacial score (nSPS) is 11.4. The van der Waals surface area contributed by atoms with E-state index in [2.05, 4.69) is 5.32 Å². The summed E-state index contributed by atoms with van der Waals surface area (Å²) >= 11 is 0. The fraction of sp³-hybridized carbons (Fsp3) is 0.909. The third kappa shape index (κ3) is 8.17. The molecule has 1 N–H and O–H groups in total. The van der Waals surface area contributed by atoms with Gasteiger partial charge in [-0.1, -0.05) is 0 Å². The van der Waals surface area contributed by atoms with Crippen molar-refractivity contribution in [1.29, 1.82) is 0 Å². The number of carbonyl (C=O) groups is 1. The Labute approximate surface area is 115 Å². The summed E-state index contributed by atoms with van der Waals surface area (Å²) < 4.78 is 25.8.